The highest BCUT2D eigenvalue weighted by Gasteiger charge is 2.26. The minimum Gasteiger partial charge on any atom is -0.378 e. The van der Waals surface area contributed by atoms with E-state index in [1.807, 2.05) is 11.8 Å². The molecule has 1 unspecified atom stereocenters. The number of hydrogen-bond donors (Lipinski definition) is 1. The first kappa shape index (κ1) is 13.8. The molecule has 5 heteroatoms. The molecule has 5 nitrogen and oxygen atoms in total. The zero-order valence-corrected chi connectivity index (χ0v) is 11.5. The Morgan fingerprint density at radius 3 is 2.72 bits per heavy atom. The number of morpholine rings is 1. The van der Waals surface area contributed by atoms with Gasteiger partial charge in [-0.3, -0.25) is 4.79 Å². The molecule has 0 aromatic rings. The first-order valence-electron chi connectivity index (χ1n) is 6.98. The van der Waals surface area contributed by atoms with E-state index in [9.17, 15) is 4.79 Å². The predicted octanol–water partition coefficient (Wildman–Crippen LogP) is -0.0825. The zero-order chi connectivity index (χ0) is 13.0. The average Bonchev–Trinajstić information content (AvgIpc) is 3.23. The third-order valence-electron chi connectivity index (χ3n) is 3.78. The van der Waals surface area contributed by atoms with Crippen molar-refractivity contribution in [2.45, 2.75) is 31.8 Å². The van der Waals surface area contributed by atoms with Crippen LogP contribution in [0.1, 0.15) is 19.8 Å². The quantitative estimate of drug-likeness (QED) is 0.721. The summed E-state index contributed by atoms with van der Waals surface area (Å²) < 4.78 is 5.25. The van der Waals surface area contributed by atoms with Gasteiger partial charge in [-0.05, 0) is 26.8 Å². The van der Waals surface area contributed by atoms with Crippen LogP contribution in [0.5, 0.6) is 0 Å². The monoisotopic (exact) mass is 255 g/mol. The van der Waals surface area contributed by atoms with Crippen LogP contribution in [0.25, 0.3) is 0 Å². The van der Waals surface area contributed by atoms with Gasteiger partial charge in [-0.1, -0.05) is 0 Å². The third kappa shape index (κ3) is 3.93. The normalized spacial score (nSPS) is 22.3. The smallest absolute Gasteiger partial charge is 0.239 e. The predicted molar refractivity (Wildman–Crippen MR) is 70.5 cm³/mol. The molecule has 2 rings (SSSR count). The second-order valence-corrected chi connectivity index (χ2v) is 5.33. The van der Waals surface area contributed by atoms with Crippen LogP contribution in [-0.4, -0.2) is 74.2 Å². The van der Waals surface area contributed by atoms with Crippen LogP contribution in [0.2, 0.25) is 0 Å². The maximum Gasteiger partial charge on any atom is 0.239 e. The number of ether oxygens (including phenoxy) is 1. The molecule has 1 heterocycles. The van der Waals surface area contributed by atoms with Crippen LogP contribution in [-0.2, 0) is 9.53 Å². The average molecular weight is 255 g/mol. The van der Waals surface area contributed by atoms with E-state index in [1.165, 1.54) is 12.8 Å². The lowest BCUT2D eigenvalue weighted by Crippen LogP contribution is -2.50. The van der Waals surface area contributed by atoms with Crippen molar-refractivity contribution in [3.8, 4) is 0 Å². The molecule has 0 bridgehead atoms. The topological polar surface area (TPSA) is 44.8 Å². The molecule has 1 saturated heterocycles. The van der Waals surface area contributed by atoms with E-state index in [-0.39, 0.29) is 11.9 Å². The molecule has 1 saturated carbocycles. The van der Waals surface area contributed by atoms with Gasteiger partial charge in [0.05, 0.1) is 19.3 Å². The number of carbonyl (C=O) groups excluding carboxylic acids is 1. The highest BCUT2D eigenvalue weighted by molar-refractivity contribution is 5.81. The van der Waals surface area contributed by atoms with Crippen LogP contribution in [0, 0.1) is 0 Å². The lowest BCUT2D eigenvalue weighted by molar-refractivity contribution is -0.137. The number of hydrogen-bond acceptors (Lipinski definition) is 4. The van der Waals surface area contributed by atoms with Crippen molar-refractivity contribution in [2.75, 3.05) is 46.4 Å². The zero-order valence-electron chi connectivity index (χ0n) is 11.5. The van der Waals surface area contributed by atoms with E-state index in [0.29, 0.717) is 13.2 Å². The summed E-state index contributed by atoms with van der Waals surface area (Å²) in [5, 5.41) is 3.32. The van der Waals surface area contributed by atoms with Crippen LogP contribution in [0.3, 0.4) is 0 Å². The lowest BCUT2D eigenvalue weighted by Gasteiger charge is -2.29. The van der Waals surface area contributed by atoms with Gasteiger partial charge < -0.3 is 19.9 Å². The molecular weight excluding hydrogens is 230 g/mol. The summed E-state index contributed by atoms with van der Waals surface area (Å²) in [6, 6.07) is 0.702. The van der Waals surface area contributed by atoms with Gasteiger partial charge in [0.2, 0.25) is 5.91 Å². The van der Waals surface area contributed by atoms with Gasteiger partial charge in [0, 0.05) is 32.2 Å². The Morgan fingerprint density at radius 2 is 2.11 bits per heavy atom. The van der Waals surface area contributed by atoms with E-state index < -0.39 is 0 Å². The van der Waals surface area contributed by atoms with Gasteiger partial charge in [0.15, 0.2) is 0 Å². The number of nitrogens with zero attached hydrogens (tertiary/aromatic N) is 2. The molecule has 2 aliphatic rings. The summed E-state index contributed by atoms with van der Waals surface area (Å²) in [7, 11) is 2.16. The highest BCUT2D eigenvalue weighted by atomic mass is 16.5. The lowest BCUT2D eigenvalue weighted by atomic mass is 10.2. The van der Waals surface area contributed by atoms with Gasteiger partial charge in [-0.25, -0.2) is 0 Å². The van der Waals surface area contributed by atoms with Crippen LogP contribution >= 0.6 is 0 Å². The Morgan fingerprint density at radius 1 is 1.44 bits per heavy atom. The number of carbonyl (C=O) groups is 1. The SMILES string of the molecule is CC(NCCN(C)C1CC1)C(=O)N1CCOCC1. The first-order valence-corrected chi connectivity index (χ1v) is 6.98. The van der Waals surface area contributed by atoms with E-state index in [0.717, 1.165) is 32.2 Å². The van der Waals surface area contributed by atoms with E-state index in [2.05, 4.69) is 17.3 Å². The van der Waals surface area contributed by atoms with E-state index in [1.54, 1.807) is 0 Å². The standard InChI is InChI=1S/C13H25N3O2/c1-11(13(17)16-7-9-18-10-8-16)14-5-6-15(2)12-3-4-12/h11-12,14H,3-10H2,1-2H3. The minimum atomic E-state index is -0.0873. The van der Waals surface area contributed by atoms with Crippen molar-refractivity contribution in [1.29, 1.82) is 0 Å². The molecule has 104 valence electrons. The Balaban J connectivity index is 1.63. The van der Waals surface area contributed by atoms with Crippen LogP contribution in [0.15, 0.2) is 0 Å². The summed E-state index contributed by atoms with van der Waals surface area (Å²) >= 11 is 0. The molecule has 0 aromatic heterocycles. The largest absolute Gasteiger partial charge is 0.378 e. The number of nitrogens with one attached hydrogen (secondary N) is 1. The van der Waals surface area contributed by atoms with Gasteiger partial charge in [0.1, 0.15) is 0 Å². The Hall–Kier alpha value is -0.650. The maximum atomic E-state index is 12.1. The summed E-state index contributed by atoms with van der Waals surface area (Å²) in [6.07, 6.45) is 2.66. The second kappa shape index (κ2) is 6.50. The fourth-order valence-corrected chi connectivity index (χ4v) is 2.30. The van der Waals surface area contributed by atoms with Gasteiger partial charge in [-0.15, -0.1) is 0 Å². The molecule has 0 spiro atoms. The number of rotatable bonds is 6. The van der Waals surface area contributed by atoms with E-state index in [4.69, 9.17) is 4.74 Å². The van der Waals surface area contributed by atoms with Crippen molar-refractivity contribution >= 4 is 5.91 Å². The molecule has 1 N–H and O–H groups in total. The summed E-state index contributed by atoms with van der Waals surface area (Å²) in [4.78, 5) is 16.4. The molecule has 1 atom stereocenters. The van der Waals surface area contributed by atoms with E-state index >= 15 is 0 Å². The van der Waals surface area contributed by atoms with Crippen molar-refractivity contribution in [2.24, 2.45) is 0 Å². The van der Waals surface area contributed by atoms with Crippen LogP contribution < -0.4 is 5.32 Å². The fraction of sp³-hybridized carbons (Fsp3) is 0.923. The molecule has 2 fully saturated rings. The molecule has 1 aliphatic heterocycles. The molecular formula is C13H25N3O2. The summed E-state index contributed by atoms with van der Waals surface area (Å²) in [6.45, 7) is 6.65. The Kier molecular flexibility index (Phi) is 4.97. The third-order valence-corrected chi connectivity index (χ3v) is 3.78. The molecule has 0 aromatic carbocycles. The first-order chi connectivity index (χ1) is 8.68. The van der Waals surface area contributed by atoms with Crippen molar-refractivity contribution in [3.05, 3.63) is 0 Å². The Labute approximate surface area is 109 Å². The highest BCUT2D eigenvalue weighted by Crippen LogP contribution is 2.24. The number of amides is 1. The molecule has 1 aliphatic carbocycles. The molecule has 18 heavy (non-hydrogen) atoms. The van der Waals surface area contributed by atoms with Crippen LogP contribution in [0.4, 0.5) is 0 Å². The minimum absolute atomic E-state index is 0.0873. The summed E-state index contributed by atoms with van der Waals surface area (Å²) in [5.41, 5.74) is 0. The second-order valence-electron chi connectivity index (χ2n) is 5.33. The number of likely N-dealkylation sites (N-methyl/N-ethyl adjacent to an activating group) is 1. The summed E-state index contributed by atoms with van der Waals surface area (Å²) in [5.74, 6) is 0.201. The molecule has 1 amide bonds. The Bertz CT molecular complexity index is 275. The van der Waals surface area contributed by atoms with Gasteiger partial charge in [0.25, 0.3) is 0 Å². The van der Waals surface area contributed by atoms with Crippen molar-refractivity contribution in [1.82, 2.24) is 15.1 Å². The van der Waals surface area contributed by atoms with Crippen molar-refractivity contribution in [3.63, 3.8) is 0 Å². The van der Waals surface area contributed by atoms with Gasteiger partial charge >= 0.3 is 0 Å². The molecule has 0 radical (unpaired) electrons. The van der Waals surface area contributed by atoms with Gasteiger partial charge in [-0.2, -0.15) is 0 Å². The van der Waals surface area contributed by atoms with Crippen molar-refractivity contribution < 1.29 is 9.53 Å². The maximum absolute atomic E-state index is 12.1. The fourth-order valence-electron chi connectivity index (χ4n) is 2.30.